The molecule has 0 unspecified atom stereocenters. The average Bonchev–Trinajstić information content (AvgIpc) is 3.26. The third-order valence-corrected chi connectivity index (χ3v) is 4.38. The van der Waals surface area contributed by atoms with Gasteiger partial charge in [0.1, 0.15) is 0 Å². The van der Waals surface area contributed by atoms with Gasteiger partial charge in [0.15, 0.2) is 34.7 Å². The third-order valence-electron chi connectivity index (χ3n) is 4.38. The van der Waals surface area contributed by atoms with E-state index in [0.717, 1.165) is 11.4 Å². The molecule has 1 amide bonds. The molecule has 8 nitrogen and oxygen atoms in total. The zero-order valence-electron chi connectivity index (χ0n) is 16.0. The van der Waals surface area contributed by atoms with Crippen LogP contribution < -0.4 is 5.32 Å². The summed E-state index contributed by atoms with van der Waals surface area (Å²) in [5.41, 5.74) is 2.08. The highest BCUT2D eigenvalue weighted by Crippen LogP contribution is 2.18. The number of aromatic nitrogens is 6. The molecule has 4 rings (SSSR count). The second-order valence-corrected chi connectivity index (χ2v) is 6.72. The van der Waals surface area contributed by atoms with Gasteiger partial charge in [0.05, 0.1) is 5.69 Å². The van der Waals surface area contributed by atoms with Crippen LogP contribution in [0.1, 0.15) is 23.6 Å². The molecule has 0 atom stereocenters. The van der Waals surface area contributed by atoms with E-state index < -0.39 is 23.4 Å². The Morgan fingerprint density at radius 1 is 1.03 bits per heavy atom. The van der Waals surface area contributed by atoms with Crippen LogP contribution in [0.25, 0.3) is 11.5 Å². The van der Waals surface area contributed by atoms with Crippen LogP contribution in [0, 0.1) is 31.3 Å². The van der Waals surface area contributed by atoms with Crippen molar-refractivity contribution >= 4 is 17.2 Å². The summed E-state index contributed by atoms with van der Waals surface area (Å²) in [6, 6.07) is 6.84. The Morgan fingerprint density at radius 3 is 2.43 bits per heavy atom. The van der Waals surface area contributed by atoms with Crippen LogP contribution in [0.3, 0.4) is 0 Å². The van der Waals surface area contributed by atoms with Crippen molar-refractivity contribution in [3.63, 3.8) is 0 Å². The van der Waals surface area contributed by atoms with Crippen molar-refractivity contribution in [3.05, 3.63) is 65.0 Å². The number of carbonyl (C=O) groups excluding carboxylic acids is 1. The maximum absolute atomic E-state index is 13.3. The van der Waals surface area contributed by atoms with Crippen LogP contribution in [0.5, 0.6) is 0 Å². The molecule has 0 saturated carbocycles. The highest BCUT2D eigenvalue weighted by Gasteiger charge is 2.15. The molecule has 0 aliphatic rings. The highest BCUT2D eigenvalue weighted by molar-refractivity contribution is 5.90. The van der Waals surface area contributed by atoms with Gasteiger partial charge in [-0.3, -0.25) is 4.79 Å². The summed E-state index contributed by atoms with van der Waals surface area (Å²) < 4.78 is 42.8. The van der Waals surface area contributed by atoms with Crippen molar-refractivity contribution < 1.29 is 18.0 Å². The van der Waals surface area contributed by atoms with Crippen molar-refractivity contribution in [2.45, 2.75) is 26.7 Å². The summed E-state index contributed by atoms with van der Waals surface area (Å²) in [6.45, 7) is 3.79. The Labute approximate surface area is 168 Å². The summed E-state index contributed by atoms with van der Waals surface area (Å²) in [7, 11) is 0. The molecule has 3 heterocycles. The maximum Gasteiger partial charge on any atom is 0.224 e. The van der Waals surface area contributed by atoms with Gasteiger partial charge in [0.25, 0.3) is 0 Å². The lowest BCUT2D eigenvalue weighted by Gasteiger charge is -2.07. The fraction of sp³-hybridized carbons (Fsp3) is 0.211. The topological polar surface area (TPSA) is 90.0 Å². The number of anilines is 1. The summed E-state index contributed by atoms with van der Waals surface area (Å²) >= 11 is 0. The number of hydrogen-bond donors (Lipinski definition) is 1. The Morgan fingerprint density at radius 2 is 1.77 bits per heavy atom. The van der Waals surface area contributed by atoms with Crippen molar-refractivity contribution in [2.75, 3.05) is 5.32 Å². The Hall–Kier alpha value is -3.76. The first-order valence-electron chi connectivity index (χ1n) is 9.01. The van der Waals surface area contributed by atoms with Gasteiger partial charge in [0, 0.05) is 36.4 Å². The molecule has 3 aromatic heterocycles. The van der Waals surface area contributed by atoms with E-state index >= 15 is 0 Å². The molecule has 1 N–H and O–H groups in total. The molecule has 0 saturated heterocycles. The predicted molar refractivity (Wildman–Crippen MR) is 101 cm³/mol. The van der Waals surface area contributed by atoms with Crippen LogP contribution in [-0.2, 0) is 11.2 Å². The first kappa shape index (κ1) is 19.6. The van der Waals surface area contributed by atoms with Gasteiger partial charge in [-0.15, -0.1) is 15.3 Å². The maximum atomic E-state index is 13.3. The second-order valence-electron chi connectivity index (χ2n) is 6.72. The Balaban J connectivity index is 1.51. The van der Waals surface area contributed by atoms with E-state index in [2.05, 4.69) is 25.7 Å². The van der Waals surface area contributed by atoms with Gasteiger partial charge in [-0.2, -0.15) is 9.61 Å². The van der Waals surface area contributed by atoms with Crippen LogP contribution in [0.2, 0.25) is 0 Å². The average molecular weight is 415 g/mol. The van der Waals surface area contributed by atoms with Crippen molar-refractivity contribution in [1.82, 2.24) is 29.6 Å². The van der Waals surface area contributed by atoms with Crippen LogP contribution in [0.15, 0.2) is 30.3 Å². The standard InChI is InChI=1S/C19H16F3N7O/c1-10-7-11(2)28(26-10)17-4-3-15-24-25-16(29(15)27-17)5-6-18(30)23-12-8-13(20)19(22)14(21)9-12/h3-4,7-9H,5-6H2,1-2H3,(H,23,30). The number of hydrogen-bond acceptors (Lipinski definition) is 5. The summed E-state index contributed by atoms with van der Waals surface area (Å²) in [5, 5.41) is 19.3. The molecule has 1 aromatic carbocycles. The fourth-order valence-electron chi connectivity index (χ4n) is 3.03. The lowest BCUT2D eigenvalue weighted by Crippen LogP contribution is -2.14. The van der Waals surface area contributed by atoms with Gasteiger partial charge in [0.2, 0.25) is 5.91 Å². The minimum absolute atomic E-state index is 0.0484. The van der Waals surface area contributed by atoms with Crippen molar-refractivity contribution in [2.24, 2.45) is 0 Å². The van der Waals surface area contributed by atoms with Crippen LogP contribution >= 0.6 is 0 Å². The smallest absolute Gasteiger partial charge is 0.224 e. The number of nitrogens with one attached hydrogen (secondary N) is 1. The van der Waals surface area contributed by atoms with Gasteiger partial charge < -0.3 is 5.32 Å². The summed E-state index contributed by atoms with van der Waals surface area (Å²) in [5.74, 6) is -3.88. The number of amides is 1. The largest absolute Gasteiger partial charge is 0.326 e. The number of nitrogens with zero attached hydrogens (tertiary/aromatic N) is 6. The molecule has 0 aliphatic heterocycles. The molecule has 0 bridgehead atoms. The number of fused-ring (bicyclic) bond motifs is 1. The SMILES string of the molecule is Cc1cc(C)n(-c2ccc3nnc(CCC(=O)Nc4cc(F)c(F)c(F)c4)n3n2)n1. The van der Waals surface area contributed by atoms with E-state index in [9.17, 15) is 18.0 Å². The van der Waals surface area contributed by atoms with Gasteiger partial charge in [-0.05, 0) is 32.0 Å². The van der Waals surface area contributed by atoms with Gasteiger partial charge in [-0.25, -0.2) is 17.9 Å². The quantitative estimate of drug-likeness (QED) is 0.506. The van der Waals surface area contributed by atoms with Gasteiger partial charge >= 0.3 is 0 Å². The molecule has 11 heteroatoms. The lowest BCUT2D eigenvalue weighted by atomic mass is 10.2. The molecule has 0 radical (unpaired) electrons. The van der Waals surface area contributed by atoms with Crippen molar-refractivity contribution in [1.29, 1.82) is 0 Å². The minimum atomic E-state index is -1.59. The Kier molecular flexibility index (Phi) is 4.94. The zero-order chi connectivity index (χ0) is 21.4. The molecule has 0 aliphatic carbocycles. The first-order chi connectivity index (χ1) is 14.3. The summed E-state index contributed by atoms with van der Waals surface area (Å²) in [6.07, 6.45) is 0.125. The van der Waals surface area contributed by atoms with E-state index in [1.807, 2.05) is 19.9 Å². The third kappa shape index (κ3) is 3.73. The monoisotopic (exact) mass is 415 g/mol. The Bertz CT molecular complexity index is 1240. The number of aryl methyl sites for hydroxylation is 3. The molecule has 0 spiro atoms. The van der Waals surface area contributed by atoms with E-state index in [-0.39, 0.29) is 18.5 Å². The number of rotatable bonds is 5. The number of carbonyl (C=O) groups is 1. The number of halogens is 3. The fourth-order valence-corrected chi connectivity index (χ4v) is 3.03. The van der Waals surface area contributed by atoms with E-state index in [4.69, 9.17) is 0 Å². The van der Waals surface area contributed by atoms with E-state index in [1.165, 1.54) is 4.52 Å². The summed E-state index contributed by atoms with van der Waals surface area (Å²) in [4.78, 5) is 12.1. The molecule has 154 valence electrons. The first-order valence-corrected chi connectivity index (χ1v) is 9.01. The number of benzene rings is 1. The van der Waals surface area contributed by atoms with E-state index in [1.54, 1.807) is 16.8 Å². The molecule has 0 fully saturated rings. The van der Waals surface area contributed by atoms with Crippen LogP contribution in [0.4, 0.5) is 18.9 Å². The van der Waals surface area contributed by atoms with Crippen LogP contribution in [-0.4, -0.2) is 35.5 Å². The van der Waals surface area contributed by atoms with Crippen molar-refractivity contribution in [3.8, 4) is 5.82 Å². The zero-order valence-corrected chi connectivity index (χ0v) is 16.0. The molecule has 4 aromatic rings. The lowest BCUT2D eigenvalue weighted by molar-refractivity contribution is -0.116. The highest BCUT2D eigenvalue weighted by atomic mass is 19.2. The predicted octanol–water partition coefficient (Wildman–Crippen LogP) is 2.92. The molecule has 30 heavy (non-hydrogen) atoms. The minimum Gasteiger partial charge on any atom is -0.326 e. The van der Waals surface area contributed by atoms with E-state index in [0.29, 0.717) is 29.4 Å². The molecular weight excluding hydrogens is 399 g/mol. The molecular formula is C19H16F3N7O. The van der Waals surface area contributed by atoms with Gasteiger partial charge in [-0.1, -0.05) is 0 Å². The normalized spacial score (nSPS) is 11.2. The second kappa shape index (κ2) is 7.58.